The molecule has 1 atom stereocenters. The molecule has 18 heavy (non-hydrogen) atoms. The molecule has 0 aromatic carbocycles. The molecule has 5 nitrogen and oxygen atoms in total. The van der Waals surface area contributed by atoms with Crippen molar-refractivity contribution in [2.45, 2.75) is 25.4 Å². The fourth-order valence-electron chi connectivity index (χ4n) is 1.91. The summed E-state index contributed by atoms with van der Waals surface area (Å²) in [5.74, 6) is -2.17. The van der Waals surface area contributed by atoms with Crippen molar-refractivity contribution in [3.63, 3.8) is 0 Å². The van der Waals surface area contributed by atoms with Crippen LogP contribution in [0, 0.1) is 5.82 Å². The first-order valence-electron chi connectivity index (χ1n) is 5.91. The van der Waals surface area contributed by atoms with Crippen LogP contribution in [0.5, 0.6) is 0 Å². The van der Waals surface area contributed by atoms with Gasteiger partial charge in [0.25, 0.3) is 0 Å². The van der Waals surface area contributed by atoms with E-state index in [-0.39, 0.29) is 17.5 Å². The van der Waals surface area contributed by atoms with Gasteiger partial charge in [-0.15, -0.1) is 0 Å². The quantitative estimate of drug-likeness (QED) is 0.858. The van der Waals surface area contributed by atoms with Crippen molar-refractivity contribution in [1.82, 2.24) is 4.98 Å². The van der Waals surface area contributed by atoms with Gasteiger partial charge in [0, 0.05) is 19.3 Å². The Morgan fingerprint density at radius 3 is 3.11 bits per heavy atom. The third-order valence-electron chi connectivity index (χ3n) is 2.89. The van der Waals surface area contributed by atoms with E-state index in [0.29, 0.717) is 6.54 Å². The number of hydrogen-bond donors (Lipinski definition) is 2. The second-order valence-electron chi connectivity index (χ2n) is 4.20. The number of pyridine rings is 1. The fourth-order valence-corrected chi connectivity index (χ4v) is 1.91. The van der Waals surface area contributed by atoms with Gasteiger partial charge in [-0.25, -0.2) is 14.2 Å². The maximum Gasteiger partial charge on any atom is 0.338 e. The molecule has 1 aromatic heterocycles. The van der Waals surface area contributed by atoms with Crippen LogP contribution in [-0.2, 0) is 4.74 Å². The molecular formula is C12H15FN2O3. The number of aromatic nitrogens is 1. The minimum Gasteiger partial charge on any atom is -0.478 e. The number of carbonyl (C=O) groups is 1. The summed E-state index contributed by atoms with van der Waals surface area (Å²) in [6.07, 6.45) is 4.38. The first-order valence-corrected chi connectivity index (χ1v) is 5.91. The number of nitrogens with one attached hydrogen (secondary N) is 1. The van der Waals surface area contributed by atoms with Crippen molar-refractivity contribution >= 4 is 11.8 Å². The zero-order chi connectivity index (χ0) is 13.0. The predicted molar refractivity (Wildman–Crippen MR) is 63.2 cm³/mol. The standard InChI is InChI=1S/C12H15FN2O3/c13-10-9(12(16)17)4-5-14-11(10)15-7-8-3-1-2-6-18-8/h4-5,8H,1-3,6-7H2,(H,14,15)(H,16,17). The molecule has 0 saturated carbocycles. The van der Waals surface area contributed by atoms with Crippen LogP contribution >= 0.6 is 0 Å². The van der Waals surface area contributed by atoms with Crippen molar-refractivity contribution in [2.75, 3.05) is 18.5 Å². The van der Waals surface area contributed by atoms with Crippen LogP contribution in [0.4, 0.5) is 10.2 Å². The molecular weight excluding hydrogens is 239 g/mol. The number of ether oxygens (including phenoxy) is 1. The van der Waals surface area contributed by atoms with Crippen LogP contribution in [0.25, 0.3) is 0 Å². The molecule has 0 bridgehead atoms. The van der Waals surface area contributed by atoms with E-state index in [1.54, 1.807) is 0 Å². The maximum absolute atomic E-state index is 13.7. The Labute approximate surface area is 104 Å². The summed E-state index contributed by atoms with van der Waals surface area (Å²) >= 11 is 0. The first-order chi connectivity index (χ1) is 8.68. The number of halogens is 1. The van der Waals surface area contributed by atoms with Crippen molar-refractivity contribution in [3.05, 3.63) is 23.6 Å². The Bertz CT molecular complexity index is 433. The zero-order valence-electron chi connectivity index (χ0n) is 9.86. The number of anilines is 1. The summed E-state index contributed by atoms with van der Waals surface area (Å²) in [6.45, 7) is 1.16. The van der Waals surface area contributed by atoms with Crippen molar-refractivity contribution in [1.29, 1.82) is 0 Å². The summed E-state index contributed by atoms with van der Waals surface area (Å²) < 4.78 is 19.2. The van der Waals surface area contributed by atoms with E-state index in [0.717, 1.165) is 31.9 Å². The molecule has 2 rings (SSSR count). The Morgan fingerprint density at radius 1 is 1.61 bits per heavy atom. The Balaban J connectivity index is 2.00. The summed E-state index contributed by atoms with van der Waals surface area (Å²) in [7, 11) is 0. The molecule has 1 aliphatic heterocycles. The molecule has 0 radical (unpaired) electrons. The highest BCUT2D eigenvalue weighted by Crippen LogP contribution is 2.17. The summed E-state index contributed by atoms with van der Waals surface area (Å²) in [6, 6.07) is 1.14. The minimum atomic E-state index is -1.30. The topological polar surface area (TPSA) is 71.5 Å². The molecule has 98 valence electrons. The SMILES string of the molecule is O=C(O)c1ccnc(NCC2CCCCO2)c1F. The van der Waals surface area contributed by atoms with E-state index in [1.807, 2.05) is 0 Å². The largest absolute Gasteiger partial charge is 0.478 e. The monoisotopic (exact) mass is 254 g/mol. The number of aromatic carboxylic acids is 1. The fraction of sp³-hybridized carbons (Fsp3) is 0.500. The lowest BCUT2D eigenvalue weighted by atomic mass is 10.1. The highest BCUT2D eigenvalue weighted by atomic mass is 19.1. The van der Waals surface area contributed by atoms with E-state index < -0.39 is 11.8 Å². The van der Waals surface area contributed by atoms with Crippen LogP contribution in [0.3, 0.4) is 0 Å². The average Bonchev–Trinajstić information content (AvgIpc) is 2.38. The molecule has 0 amide bonds. The Hall–Kier alpha value is -1.69. The predicted octanol–water partition coefficient (Wildman–Crippen LogP) is 1.90. The van der Waals surface area contributed by atoms with Crippen molar-refractivity contribution < 1.29 is 19.0 Å². The van der Waals surface area contributed by atoms with Gasteiger partial charge in [0.15, 0.2) is 11.6 Å². The molecule has 1 aliphatic rings. The molecule has 0 spiro atoms. The summed E-state index contributed by atoms with van der Waals surface area (Å²) in [5, 5.41) is 11.6. The van der Waals surface area contributed by atoms with E-state index in [2.05, 4.69) is 10.3 Å². The Morgan fingerprint density at radius 2 is 2.44 bits per heavy atom. The highest BCUT2D eigenvalue weighted by molar-refractivity contribution is 5.88. The molecule has 1 unspecified atom stereocenters. The minimum absolute atomic E-state index is 0.0356. The van der Waals surface area contributed by atoms with E-state index >= 15 is 0 Å². The molecule has 1 saturated heterocycles. The van der Waals surface area contributed by atoms with Gasteiger partial charge in [-0.05, 0) is 25.3 Å². The van der Waals surface area contributed by atoms with Crippen LogP contribution < -0.4 is 5.32 Å². The second kappa shape index (κ2) is 5.77. The lowest BCUT2D eigenvalue weighted by Gasteiger charge is -2.23. The smallest absolute Gasteiger partial charge is 0.338 e. The summed E-state index contributed by atoms with van der Waals surface area (Å²) in [5.41, 5.74) is -0.378. The number of carboxylic acid groups (broad SMARTS) is 1. The second-order valence-corrected chi connectivity index (χ2v) is 4.20. The highest BCUT2D eigenvalue weighted by Gasteiger charge is 2.17. The number of rotatable bonds is 4. The molecule has 1 aromatic rings. The van der Waals surface area contributed by atoms with Gasteiger partial charge in [0.05, 0.1) is 6.10 Å². The van der Waals surface area contributed by atoms with E-state index in [9.17, 15) is 9.18 Å². The van der Waals surface area contributed by atoms with Crippen LogP contribution in [-0.4, -0.2) is 35.3 Å². The zero-order valence-corrected chi connectivity index (χ0v) is 9.86. The van der Waals surface area contributed by atoms with Crippen LogP contribution in [0.1, 0.15) is 29.6 Å². The molecule has 1 fully saturated rings. The van der Waals surface area contributed by atoms with Gasteiger partial charge in [-0.1, -0.05) is 0 Å². The molecule has 2 heterocycles. The molecule has 2 N–H and O–H groups in total. The number of nitrogens with zero attached hydrogens (tertiary/aromatic N) is 1. The van der Waals surface area contributed by atoms with Crippen molar-refractivity contribution in [2.24, 2.45) is 0 Å². The third kappa shape index (κ3) is 2.95. The van der Waals surface area contributed by atoms with Crippen LogP contribution in [0.2, 0.25) is 0 Å². The lowest BCUT2D eigenvalue weighted by Crippen LogP contribution is -2.27. The first kappa shape index (κ1) is 12.8. The number of hydrogen-bond acceptors (Lipinski definition) is 4. The van der Waals surface area contributed by atoms with Gasteiger partial charge in [-0.3, -0.25) is 0 Å². The Kier molecular flexibility index (Phi) is 4.09. The number of carboxylic acids is 1. The van der Waals surface area contributed by atoms with Gasteiger partial charge in [0.1, 0.15) is 5.56 Å². The van der Waals surface area contributed by atoms with Gasteiger partial charge in [-0.2, -0.15) is 0 Å². The molecule has 0 aliphatic carbocycles. The van der Waals surface area contributed by atoms with Gasteiger partial charge >= 0.3 is 5.97 Å². The van der Waals surface area contributed by atoms with Gasteiger partial charge < -0.3 is 15.2 Å². The van der Waals surface area contributed by atoms with E-state index in [4.69, 9.17) is 9.84 Å². The van der Waals surface area contributed by atoms with E-state index in [1.165, 1.54) is 6.20 Å². The summed E-state index contributed by atoms with van der Waals surface area (Å²) in [4.78, 5) is 14.6. The molecule has 6 heteroatoms. The van der Waals surface area contributed by atoms with Crippen molar-refractivity contribution in [3.8, 4) is 0 Å². The maximum atomic E-state index is 13.7. The van der Waals surface area contributed by atoms with Gasteiger partial charge in [0.2, 0.25) is 0 Å². The normalized spacial score (nSPS) is 19.5. The van der Waals surface area contributed by atoms with Crippen LogP contribution in [0.15, 0.2) is 12.3 Å². The third-order valence-corrected chi connectivity index (χ3v) is 2.89. The average molecular weight is 254 g/mol. The lowest BCUT2D eigenvalue weighted by molar-refractivity contribution is 0.0247.